The molecule has 0 N–H and O–H groups in total. The van der Waals surface area contributed by atoms with E-state index < -0.39 is 0 Å². The fraction of sp³-hybridized carbons (Fsp3) is 0.600. The highest BCUT2D eigenvalue weighted by atomic mass is 14.2. The van der Waals surface area contributed by atoms with Gasteiger partial charge in [-0.15, -0.1) is 0 Å². The predicted molar refractivity (Wildman–Crippen MR) is 74.1 cm³/mol. The van der Waals surface area contributed by atoms with Crippen molar-refractivity contribution in [1.82, 2.24) is 0 Å². The van der Waals surface area contributed by atoms with Crippen molar-refractivity contribution in [3.63, 3.8) is 0 Å². The molecule has 1 rings (SSSR count). The van der Waals surface area contributed by atoms with Crippen LogP contribution in [0.15, 0.2) is 12.1 Å². The fourth-order valence-electron chi connectivity index (χ4n) is 2.01. The highest BCUT2D eigenvalue weighted by molar-refractivity contribution is 6.34. The molecule has 0 spiro atoms. The zero-order valence-corrected chi connectivity index (χ0v) is 11.5. The molecule has 0 atom stereocenters. The van der Waals surface area contributed by atoms with Crippen LogP contribution in [0.1, 0.15) is 76.0 Å². The van der Waals surface area contributed by atoms with Crippen LogP contribution in [0.2, 0.25) is 0 Å². The minimum absolute atomic E-state index is 0.496. The molecule has 0 aromatic heterocycles. The summed E-state index contributed by atoms with van der Waals surface area (Å²) in [6.07, 6.45) is 0. The van der Waals surface area contributed by atoms with Crippen LogP contribution in [0.5, 0.6) is 0 Å². The molecule has 1 aromatic carbocycles. The average molecular weight is 214 g/mol. The summed E-state index contributed by atoms with van der Waals surface area (Å²) < 4.78 is 0. The number of hydrogen-bond donors (Lipinski definition) is 0. The molecule has 0 heterocycles. The SMILES string of the molecule is [B-]c1c(C(C)C)cc(C(C)C)cc1C(C)C. The minimum Gasteiger partial charge on any atom is -0.580 e. The average Bonchev–Trinajstić information content (AvgIpc) is 2.16. The molecule has 0 aliphatic heterocycles. The first-order chi connectivity index (χ1) is 7.34. The molecule has 1 aromatic rings. The van der Waals surface area contributed by atoms with Crippen LogP contribution in [0, 0.1) is 0 Å². The lowest BCUT2D eigenvalue weighted by atomic mass is 9.76. The molecule has 0 nitrogen and oxygen atoms in total. The summed E-state index contributed by atoms with van der Waals surface area (Å²) in [5, 5.41) is 0. The first-order valence-corrected chi connectivity index (χ1v) is 6.27. The van der Waals surface area contributed by atoms with E-state index in [2.05, 4.69) is 53.7 Å². The molecule has 0 aliphatic carbocycles. The maximum Gasteiger partial charge on any atom is -0.0219 e. The van der Waals surface area contributed by atoms with E-state index in [0.29, 0.717) is 17.8 Å². The van der Waals surface area contributed by atoms with Crippen LogP contribution in [0.25, 0.3) is 0 Å². The third kappa shape index (κ3) is 2.69. The van der Waals surface area contributed by atoms with E-state index in [-0.39, 0.29) is 0 Å². The van der Waals surface area contributed by atoms with Crippen molar-refractivity contribution in [2.45, 2.75) is 59.3 Å². The Labute approximate surface area is 102 Å². The number of benzene rings is 1. The van der Waals surface area contributed by atoms with E-state index in [4.69, 9.17) is 7.85 Å². The van der Waals surface area contributed by atoms with Crippen LogP contribution in [0.4, 0.5) is 0 Å². The van der Waals surface area contributed by atoms with Crippen molar-refractivity contribution in [2.75, 3.05) is 0 Å². The normalized spacial score (nSPS) is 11.9. The van der Waals surface area contributed by atoms with Crippen molar-refractivity contribution in [1.29, 1.82) is 0 Å². The molecular weight excluding hydrogens is 191 g/mol. The second kappa shape index (κ2) is 5.08. The van der Waals surface area contributed by atoms with E-state index in [1.54, 1.807) is 0 Å². The second-order valence-electron chi connectivity index (χ2n) is 5.58. The maximum absolute atomic E-state index is 6.25. The van der Waals surface area contributed by atoms with Gasteiger partial charge in [-0.1, -0.05) is 64.8 Å². The van der Waals surface area contributed by atoms with Gasteiger partial charge in [-0.05, 0) is 23.3 Å². The lowest BCUT2D eigenvalue weighted by Gasteiger charge is -2.28. The van der Waals surface area contributed by atoms with Gasteiger partial charge in [0.1, 0.15) is 0 Å². The van der Waals surface area contributed by atoms with E-state index in [1.807, 2.05) is 0 Å². The van der Waals surface area contributed by atoms with Gasteiger partial charge in [0.2, 0.25) is 0 Å². The van der Waals surface area contributed by atoms with E-state index >= 15 is 0 Å². The molecule has 0 aliphatic rings. The Morgan fingerprint density at radius 3 is 1.38 bits per heavy atom. The van der Waals surface area contributed by atoms with Gasteiger partial charge >= 0.3 is 0 Å². The quantitative estimate of drug-likeness (QED) is 0.670. The van der Waals surface area contributed by atoms with E-state index in [0.717, 1.165) is 5.46 Å². The summed E-state index contributed by atoms with van der Waals surface area (Å²) in [4.78, 5) is 0. The Morgan fingerprint density at radius 1 is 0.750 bits per heavy atom. The highest BCUT2D eigenvalue weighted by Gasteiger charge is 2.08. The molecule has 0 unspecified atom stereocenters. The summed E-state index contributed by atoms with van der Waals surface area (Å²) in [7, 11) is 6.25. The summed E-state index contributed by atoms with van der Waals surface area (Å²) in [5.74, 6) is 1.56. The van der Waals surface area contributed by atoms with Gasteiger partial charge in [-0.25, -0.2) is 0 Å². The van der Waals surface area contributed by atoms with Crippen LogP contribution in [0.3, 0.4) is 0 Å². The summed E-state index contributed by atoms with van der Waals surface area (Å²) in [6, 6.07) is 4.55. The first-order valence-electron chi connectivity index (χ1n) is 6.27. The second-order valence-corrected chi connectivity index (χ2v) is 5.58. The topological polar surface area (TPSA) is 0 Å². The van der Waals surface area contributed by atoms with Crippen LogP contribution >= 0.6 is 0 Å². The van der Waals surface area contributed by atoms with Gasteiger partial charge in [-0.3, -0.25) is 0 Å². The van der Waals surface area contributed by atoms with Gasteiger partial charge in [0.25, 0.3) is 0 Å². The molecule has 87 valence electrons. The maximum atomic E-state index is 6.25. The van der Waals surface area contributed by atoms with Gasteiger partial charge in [-0.2, -0.15) is 0 Å². The third-order valence-corrected chi connectivity index (χ3v) is 3.18. The Morgan fingerprint density at radius 2 is 1.12 bits per heavy atom. The van der Waals surface area contributed by atoms with Crippen molar-refractivity contribution in [3.05, 3.63) is 28.8 Å². The molecule has 0 fully saturated rings. The van der Waals surface area contributed by atoms with Crippen LogP contribution < -0.4 is 5.46 Å². The lowest BCUT2D eigenvalue weighted by molar-refractivity contribution is 0.813. The minimum atomic E-state index is 0.496. The zero-order chi connectivity index (χ0) is 12.5. The molecule has 0 saturated carbocycles. The highest BCUT2D eigenvalue weighted by Crippen LogP contribution is 2.24. The summed E-state index contributed by atoms with van der Waals surface area (Å²) >= 11 is 0. The summed E-state index contributed by atoms with van der Waals surface area (Å²) in [5.41, 5.74) is 5.00. The monoisotopic (exact) mass is 214 g/mol. The molecule has 0 bridgehead atoms. The Hall–Kier alpha value is -0.715. The first kappa shape index (κ1) is 13.4. The van der Waals surface area contributed by atoms with E-state index in [1.165, 1.54) is 16.7 Å². The molecular formula is C15H23B-. The van der Waals surface area contributed by atoms with Gasteiger partial charge < -0.3 is 13.3 Å². The van der Waals surface area contributed by atoms with Gasteiger partial charge in [0.05, 0.1) is 0 Å². The molecule has 0 saturated heterocycles. The van der Waals surface area contributed by atoms with Crippen molar-refractivity contribution < 1.29 is 0 Å². The lowest BCUT2D eigenvalue weighted by Crippen LogP contribution is -2.19. The fourth-order valence-corrected chi connectivity index (χ4v) is 2.01. The van der Waals surface area contributed by atoms with Crippen molar-refractivity contribution in [2.24, 2.45) is 0 Å². The Bertz CT molecular complexity index is 333. The van der Waals surface area contributed by atoms with Crippen LogP contribution in [-0.2, 0) is 0 Å². The smallest absolute Gasteiger partial charge is 0.0219 e. The molecule has 16 heavy (non-hydrogen) atoms. The largest absolute Gasteiger partial charge is 0.580 e. The standard InChI is InChI=1S/C15H23B/c1-9(2)12-7-13(10(3)4)15(16)14(8-12)11(5)6/h7-11H,1-6H3/q-1. The predicted octanol–water partition coefficient (Wildman–Crippen LogP) is 3.85. The number of hydrogen-bond acceptors (Lipinski definition) is 0. The number of rotatable bonds is 3. The van der Waals surface area contributed by atoms with Gasteiger partial charge in [0, 0.05) is 0 Å². The van der Waals surface area contributed by atoms with Gasteiger partial charge in [0.15, 0.2) is 0 Å². The molecule has 3 radical (unpaired) electrons. The van der Waals surface area contributed by atoms with E-state index in [9.17, 15) is 0 Å². The third-order valence-electron chi connectivity index (χ3n) is 3.18. The Kier molecular flexibility index (Phi) is 4.24. The van der Waals surface area contributed by atoms with Crippen LogP contribution in [-0.4, -0.2) is 7.85 Å². The van der Waals surface area contributed by atoms with Crippen molar-refractivity contribution in [3.8, 4) is 0 Å². The Balaban J connectivity index is 3.39. The van der Waals surface area contributed by atoms with Crippen molar-refractivity contribution >= 4 is 13.3 Å². The molecule has 1 heteroatoms. The summed E-state index contributed by atoms with van der Waals surface area (Å²) in [6.45, 7) is 13.3. The zero-order valence-electron chi connectivity index (χ0n) is 11.5. The molecule has 0 amide bonds.